The molecule has 0 bridgehead atoms. The highest BCUT2D eigenvalue weighted by atomic mass is 19.1. The molecule has 0 spiro atoms. The van der Waals surface area contributed by atoms with Crippen LogP contribution in [0.4, 0.5) is 4.39 Å². The van der Waals surface area contributed by atoms with E-state index in [0.717, 1.165) is 11.6 Å². The molecule has 0 saturated heterocycles. The predicted octanol–water partition coefficient (Wildman–Crippen LogP) is 3.23. The number of carbonyl (C=O) groups excluding carboxylic acids is 1. The minimum Gasteiger partial charge on any atom is -0.493 e. The van der Waals surface area contributed by atoms with Crippen LogP contribution in [0.2, 0.25) is 0 Å². The Morgan fingerprint density at radius 3 is 2.48 bits per heavy atom. The summed E-state index contributed by atoms with van der Waals surface area (Å²) in [5.74, 6) is 0.996. The first-order valence-corrected chi connectivity index (χ1v) is 6.25. The van der Waals surface area contributed by atoms with E-state index < -0.39 is 5.82 Å². The minimum absolute atomic E-state index is 0.224. The normalized spacial score (nSPS) is 10.0. The van der Waals surface area contributed by atoms with E-state index in [0.29, 0.717) is 23.5 Å². The van der Waals surface area contributed by atoms with Gasteiger partial charge in [-0.2, -0.15) is 0 Å². The van der Waals surface area contributed by atoms with E-state index in [2.05, 4.69) is 0 Å². The van der Waals surface area contributed by atoms with Crippen molar-refractivity contribution in [3.63, 3.8) is 0 Å². The Morgan fingerprint density at radius 1 is 1.05 bits per heavy atom. The molecule has 0 radical (unpaired) electrons. The molecule has 2 rings (SSSR count). The molecule has 0 heterocycles. The van der Waals surface area contributed by atoms with E-state index in [9.17, 15) is 9.18 Å². The summed E-state index contributed by atoms with van der Waals surface area (Å²) in [4.78, 5) is 10.7. The molecule has 110 valence electrons. The van der Waals surface area contributed by atoms with Crippen LogP contribution < -0.4 is 14.2 Å². The van der Waals surface area contributed by atoms with Crippen molar-refractivity contribution >= 4 is 6.29 Å². The number of methoxy groups -OCH3 is 2. The summed E-state index contributed by atoms with van der Waals surface area (Å²) >= 11 is 0. The highest BCUT2D eigenvalue weighted by Crippen LogP contribution is 2.28. The molecule has 0 amide bonds. The van der Waals surface area contributed by atoms with Crippen LogP contribution in [0.3, 0.4) is 0 Å². The van der Waals surface area contributed by atoms with Crippen molar-refractivity contribution in [2.24, 2.45) is 0 Å². The van der Waals surface area contributed by atoms with Crippen molar-refractivity contribution in [2.75, 3.05) is 14.2 Å². The second-order valence-corrected chi connectivity index (χ2v) is 4.32. The fourth-order valence-electron chi connectivity index (χ4n) is 1.87. The maximum Gasteiger partial charge on any atom is 0.161 e. The molecule has 5 heteroatoms. The fourth-order valence-corrected chi connectivity index (χ4v) is 1.87. The summed E-state index contributed by atoms with van der Waals surface area (Å²) in [7, 11) is 3.10. The molecule has 4 nitrogen and oxygen atoms in total. The van der Waals surface area contributed by atoms with Crippen molar-refractivity contribution in [3.8, 4) is 17.2 Å². The Hall–Kier alpha value is -2.56. The maximum atomic E-state index is 13.3. The van der Waals surface area contributed by atoms with Gasteiger partial charge in [0.25, 0.3) is 0 Å². The monoisotopic (exact) mass is 290 g/mol. The number of benzene rings is 2. The number of hydrogen-bond donors (Lipinski definition) is 0. The molecular weight excluding hydrogens is 275 g/mol. The molecule has 0 N–H and O–H groups in total. The minimum atomic E-state index is -0.512. The number of halogens is 1. The van der Waals surface area contributed by atoms with Crippen molar-refractivity contribution in [3.05, 3.63) is 53.3 Å². The Labute approximate surface area is 122 Å². The molecule has 0 aliphatic rings. The Morgan fingerprint density at radius 2 is 1.81 bits per heavy atom. The van der Waals surface area contributed by atoms with Gasteiger partial charge < -0.3 is 14.2 Å². The summed E-state index contributed by atoms with van der Waals surface area (Å²) in [6.45, 7) is 0.224. The molecule has 21 heavy (non-hydrogen) atoms. The summed E-state index contributed by atoms with van der Waals surface area (Å²) in [6, 6.07) is 9.22. The number of rotatable bonds is 6. The molecule has 0 aliphatic carbocycles. The zero-order valence-corrected chi connectivity index (χ0v) is 11.8. The number of ether oxygens (including phenoxy) is 3. The molecule has 0 aliphatic heterocycles. The van der Waals surface area contributed by atoms with Gasteiger partial charge in [0, 0.05) is 11.6 Å². The standard InChI is InChI=1S/C16H15FO4/c1-19-15-4-3-11(7-16(15)20-2)10-21-14-6-12(9-18)5-13(17)8-14/h3-9H,10H2,1-2H3. The van der Waals surface area contributed by atoms with Crippen molar-refractivity contribution in [1.82, 2.24) is 0 Å². The van der Waals surface area contributed by atoms with E-state index in [-0.39, 0.29) is 12.2 Å². The van der Waals surface area contributed by atoms with Crippen LogP contribution in [-0.2, 0) is 6.61 Å². The first-order chi connectivity index (χ1) is 10.2. The van der Waals surface area contributed by atoms with Crippen LogP contribution in [0.15, 0.2) is 36.4 Å². The first kappa shape index (κ1) is 14.8. The largest absolute Gasteiger partial charge is 0.493 e. The Kier molecular flexibility index (Phi) is 4.77. The number of hydrogen-bond acceptors (Lipinski definition) is 4. The second kappa shape index (κ2) is 6.74. The van der Waals surface area contributed by atoms with E-state index in [1.165, 1.54) is 12.1 Å². The van der Waals surface area contributed by atoms with Crippen molar-refractivity contribution in [1.29, 1.82) is 0 Å². The van der Waals surface area contributed by atoms with E-state index >= 15 is 0 Å². The summed E-state index contributed by atoms with van der Waals surface area (Å²) < 4.78 is 29.1. The summed E-state index contributed by atoms with van der Waals surface area (Å²) in [5.41, 5.74) is 1.07. The number of carbonyl (C=O) groups is 1. The third kappa shape index (κ3) is 3.72. The third-order valence-corrected chi connectivity index (χ3v) is 2.88. The molecule has 0 fully saturated rings. The third-order valence-electron chi connectivity index (χ3n) is 2.88. The summed E-state index contributed by atoms with van der Waals surface area (Å²) in [6.07, 6.45) is 0.576. The quantitative estimate of drug-likeness (QED) is 0.766. The molecule has 0 saturated carbocycles. The van der Waals surface area contributed by atoms with E-state index in [1.807, 2.05) is 6.07 Å². The van der Waals surface area contributed by atoms with Crippen LogP contribution in [0.1, 0.15) is 15.9 Å². The lowest BCUT2D eigenvalue weighted by atomic mass is 10.2. The first-order valence-electron chi connectivity index (χ1n) is 6.25. The lowest BCUT2D eigenvalue weighted by molar-refractivity contribution is 0.112. The van der Waals surface area contributed by atoms with E-state index in [4.69, 9.17) is 14.2 Å². The predicted molar refractivity (Wildman–Crippen MR) is 75.7 cm³/mol. The molecule has 2 aromatic rings. The van der Waals surface area contributed by atoms with Gasteiger partial charge in [0.15, 0.2) is 11.5 Å². The van der Waals surface area contributed by atoms with Crippen LogP contribution >= 0.6 is 0 Å². The van der Waals surface area contributed by atoms with Crippen LogP contribution in [0.25, 0.3) is 0 Å². The topological polar surface area (TPSA) is 44.8 Å². The molecule has 0 atom stereocenters. The van der Waals surface area contributed by atoms with Gasteiger partial charge in [0.1, 0.15) is 24.5 Å². The molecule has 0 unspecified atom stereocenters. The Bertz CT molecular complexity index is 640. The second-order valence-electron chi connectivity index (χ2n) is 4.32. The van der Waals surface area contributed by atoms with Crippen molar-refractivity contribution in [2.45, 2.75) is 6.61 Å². The maximum absolute atomic E-state index is 13.3. The van der Waals surface area contributed by atoms with Crippen LogP contribution in [-0.4, -0.2) is 20.5 Å². The van der Waals surface area contributed by atoms with Gasteiger partial charge in [-0.15, -0.1) is 0 Å². The average molecular weight is 290 g/mol. The van der Waals surface area contributed by atoms with Crippen LogP contribution in [0.5, 0.6) is 17.2 Å². The van der Waals surface area contributed by atoms with Gasteiger partial charge in [-0.05, 0) is 29.8 Å². The molecule has 2 aromatic carbocycles. The SMILES string of the molecule is COc1ccc(COc2cc(F)cc(C=O)c2)cc1OC. The van der Waals surface area contributed by atoms with Gasteiger partial charge in [-0.3, -0.25) is 4.79 Å². The van der Waals surface area contributed by atoms with Gasteiger partial charge >= 0.3 is 0 Å². The van der Waals surface area contributed by atoms with E-state index in [1.54, 1.807) is 26.4 Å². The number of aldehydes is 1. The lowest BCUT2D eigenvalue weighted by Crippen LogP contribution is -1.98. The fraction of sp³-hybridized carbons (Fsp3) is 0.188. The lowest BCUT2D eigenvalue weighted by Gasteiger charge is -2.11. The van der Waals surface area contributed by atoms with Gasteiger partial charge in [-0.25, -0.2) is 4.39 Å². The summed E-state index contributed by atoms with van der Waals surface area (Å²) in [5, 5.41) is 0. The Balaban J connectivity index is 2.12. The molecular formula is C16H15FO4. The van der Waals surface area contributed by atoms with Gasteiger partial charge in [0.2, 0.25) is 0 Å². The highest BCUT2D eigenvalue weighted by Gasteiger charge is 2.06. The average Bonchev–Trinajstić information content (AvgIpc) is 2.52. The highest BCUT2D eigenvalue weighted by molar-refractivity contribution is 5.75. The zero-order valence-electron chi connectivity index (χ0n) is 11.8. The van der Waals surface area contributed by atoms with Crippen molar-refractivity contribution < 1.29 is 23.4 Å². The molecule has 0 aromatic heterocycles. The zero-order chi connectivity index (χ0) is 15.2. The van der Waals surface area contributed by atoms with Crippen LogP contribution in [0, 0.1) is 5.82 Å². The van der Waals surface area contributed by atoms with Gasteiger partial charge in [0.05, 0.1) is 14.2 Å². The smallest absolute Gasteiger partial charge is 0.161 e. The van der Waals surface area contributed by atoms with Gasteiger partial charge in [-0.1, -0.05) is 6.07 Å².